The maximum absolute atomic E-state index is 12.3. The number of aromatic nitrogens is 1. The van der Waals surface area contributed by atoms with Gasteiger partial charge in [0.25, 0.3) is 5.56 Å². The molecule has 0 fully saturated rings. The average Bonchev–Trinajstić information content (AvgIpc) is 2.42. The molecule has 0 bridgehead atoms. The molecule has 1 heterocycles. The fourth-order valence-electron chi connectivity index (χ4n) is 1.98. The molecule has 2 rings (SSSR count). The Kier molecular flexibility index (Phi) is 4.23. The standard InChI is InChI=1S/C16H20N2O2/c1-11(2)12(3)17-15(19)10-18-9-8-13-6-4-5-7-14(13)16(18)20/h4-9,11-12H,10H2,1-3H3,(H,17,19)/t12-/m0/s1. The largest absolute Gasteiger partial charge is 0.352 e. The summed E-state index contributed by atoms with van der Waals surface area (Å²) in [6, 6.07) is 9.34. The van der Waals surface area contributed by atoms with Crippen molar-refractivity contribution in [1.29, 1.82) is 0 Å². The van der Waals surface area contributed by atoms with Gasteiger partial charge in [0, 0.05) is 17.6 Å². The minimum atomic E-state index is -0.136. The Morgan fingerprint density at radius 1 is 1.20 bits per heavy atom. The van der Waals surface area contributed by atoms with E-state index in [2.05, 4.69) is 5.32 Å². The Bertz CT molecular complexity index is 673. The number of pyridine rings is 1. The molecule has 1 aromatic carbocycles. The first-order valence-corrected chi connectivity index (χ1v) is 6.86. The third-order valence-corrected chi connectivity index (χ3v) is 3.59. The van der Waals surface area contributed by atoms with Gasteiger partial charge in [-0.05, 0) is 30.4 Å². The quantitative estimate of drug-likeness (QED) is 0.927. The zero-order valence-corrected chi connectivity index (χ0v) is 12.1. The maximum atomic E-state index is 12.3. The van der Waals surface area contributed by atoms with Crippen LogP contribution in [0.15, 0.2) is 41.3 Å². The molecule has 20 heavy (non-hydrogen) atoms. The van der Waals surface area contributed by atoms with Gasteiger partial charge in [-0.2, -0.15) is 0 Å². The number of fused-ring (bicyclic) bond motifs is 1. The summed E-state index contributed by atoms with van der Waals surface area (Å²) in [7, 11) is 0. The van der Waals surface area contributed by atoms with E-state index in [0.717, 1.165) is 5.39 Å². The maximum Gasteiger partial charge on any atom is 0.258 e. The molecule has 0 aliphatic carbocycles. The Morgan fingerprint density at radius 3 is 2.60 bits per heavy atom. The molecule has 0 saturated heterocycles. The molecule has 1 amide bonds. The lowest BCUT2D eigenvalue weighted by Gasteiger charge is -2.17. The van der Waals surface area contributed by atoms with E-state index in [1.54, 1.807) is 12.3 Å². The van der Waals surface area contributed by atoms with Crippen LogP contribution in [0.1, 0.15) is 20.8 Å². The first-order valence-electron chi connectivity index (χ1n) is 6.86. The van der Waals surface area contributed by atoms with Crippen molar-refractivity contribution in [1.82, 2.24) is 9.88 Å². The van der Waals surface area contributed by atoms with Crippen LogP contribution in [0.25, 0.3) is 10.8 Å². The van der Waals surface area contributed by atoms with Crippen molar-refractivity contribution in [3.05, 3.63) is 46.9 Å². The molecule has 0 aliphatic heterocycles. The van der Waals surface area contributed by atoms with Crippen molar-refractivity contribution in [2.24, 2.45) is 5.92 Å². The molecule has 0 spiro atoms. The van der Waals surface area contributed by atoms with E-state index in [4.69, 9.17) is 0 Å². The number of hydrogen-bond acceptors (Lipinski definition) is 2. The third kappa shape index (κ3) is 3.07. The van der Waals surface area contributed by atoms with E-state index in [0.29, 0.717) is 11.3 Å². The van der Waals surface area contributed by atoms with Crippen LogP contribution in [0.2, 0.25) is 0 Å². The number of nitrogens with one attached hydrogen (secondary N) is 1. The van der Waals surface area contributed by atoms with E-state index in [1.807, 2.05) is 45.0 Å². The molecule has 1 aromatic heterocycles. The summed E-state index contributed by atoms with van der Waals surface area (Å²) in [5.41, 5.74) is -0.129. The number of amides is 1. The monoisotopic (exact) mass is 272 g/mol. The van der Waals surface area contributed by atoms with Gasteiger partial charge in [0.1, 0.15) is 6.54 Å². The topological polar surface area (TPSA) is 51.1 Å². The number of carbonyl (C=O) groups excluding carboxylic acids is 1. The summed E-state index contributed by atoms with van der Waals surface area (Å²) in [6.45, 7) is 6.12. The van der Waals surface area contributed by atoms with Gasteiger partial charge >= 0.3 is 0 Å². The minimum Gasteiger partial charge on any atom is -0.352 e. The molecule has 2 aromatic rings. The molecule has 4 heteroatoms. The summed E-state index contributed by atoms with van der Waals surface area (Å²) in [4.78, 5) is 24.2. The van der Waals surface area contributed by atoms with Gasteiger partial charge < -0.3 is 9.88 Å². The molecule has 106 valence electrons. The smallest absolute Gasteiger partial charge is 0.258 e. The lowest BCUT2D eigenvalue weighted by molar-refractivity contribution is -0.122. The second-order valence-corrected chi connectivity index (χ2v) is 5.44. The minimum absolute atomic E-state index is 0.0563. The fourth-order valence-corrected chi connectivity index (χ4v) is 1.98. The summed E-state index contributed by atoms with van der Waals surface area (Å²) in [6.07, 6.45) is 1.67. The van der Waals surface area contributed by atoms with E-state index >= 15 is 0 Å². The number of carbonyl (C=O) groups is 1. The second kappa shape index (κ2) is 5.90. The Balaban J connectivity index is 2.20. The van der Waals surface area contributed by atoms with Crippen LogP contribution >= 0.6 is 0 Å². The fraction of sp³-hybridized carbons (Fsp3) is 0.375. The SMILES string of the molecule is CC(C)[C@H](C)NC(=O)Cn1ccc2ccccc2c1=O. The Morgan fingerprint density at radius 2 is 1.90 bits per heavy atom. The normalized spacial score (nSPS) is 12.6. The summed E-state index contributed by atoms with van der Waals surface area (Å²) < 4.78 is 1.45. The third-order valence-electron chi connectivity index (χ3n) is 3.59. The first-order chi connectivity index (χ1) is 9.49. The molecule has 0 saturated carbocycles. The van der Waals surface area contributed by atoms with Crippen molar-refractivity contribution in [2.75, 3.05) is 0 Å². The van der Waals surface area contributed by atoms with Crippen molar-refractivity contribution in [2.45, 2.75) is 33.4 Å². The lowest BCUT2D eigenvalue weighted by atomic mass is 10.1. The zero-order chi connectivity index (χ0) is 14.7. The Hall–Kier alpha value is -2.10. The molecule has 0 unspecified atom stereocenters. The average molecular weight is 272 g/mol. The van der Waals surface area contributed by atoms with E-state index in [9.17, 15) is 9.59 Å². The highest BCUT2D eigenvalue weighted by Gasteiger charge is 2.12. The van der Waals surface area contributed by atoms with Gasteiger partial charge in [-0.3, -0.25) is 9.59 Å². The number of hydrogen-bond donors (Lipinski definition) is 1. The van der Waals surface area contributed by atoms with Crippen molar-refractivity contribution >= 4 is 16.7 Å². The summed E-state index contributed by atoms with van der Waals surface area (Å²) in [5, 5.41) is 4.44. The predicted octanol–water partition coefficient (Wildman–Crippen LogP) is 2.16. The van der Waals surface area contributed by atoms with Crippen molar-refractivity contribution in [3.8, 4) is 0 Å². The van der Waals surface area contributed by atoms with Crippen molar-refractivity contribution in [3.63, 3.8) is 0 Å². The molecular weight excluding hydrogens is 252 g/mol. The second-order valence-electron chi connectivity index (χ2n) is 5.44. The molecule has 4 nitrogen and oxygen atoms in total. The van der Waals surface area contributed by atoms with Gasteiger partial charge in [-0.25, -0.2) is 0 Å². The molecular formula is C16H20N2O2. The highest BCUT2D eigenvalue weighted by atomic mass is 16.2. The first kappa shape index (κ1) is 14.3. The van der Waals surface area contributed by atoms with Crippen LogP contribution in [0.5, 0.6) is 0 Å². The summed E-state index contributed by atoms with van der Waals surface area (Å²) >= 11 is 0. The van der Waals surface area contributed by atoms with Crippen LogP contribution in [-0.2, 0) is 11.3 Å². The predicted molar refractivity (Wildman–Crippen MR) is 80.7 cm³/mol. The highest BCUT2D eigenvalue weighted by Crippen LogP contribution is 2.08. The van der Waals surface area contributed by atoms with Crippen LogP contribution in [0.4, 0.5) is 0 Å². The van der Waals surface area contributed by atoms with E-state index in [-0.39, 0.29) is 24.1 Å². The Labute approximate surface area is 118 Å². The zero-order valence-electron chi connectivity index (χ0n) is 12.1. The van der Waals surface area contributed by atoms with Crippen LogP contribution < -0.4 is 10.9 Å². The van der Waals surface area contributed by atoms with Crippen LogP contribution in [0, 0.1) is 5.92 Å². The van der Waals surface area contributed by atoms with Gasteiger partial charge in [-0.1, -0.05) is 32.0 Å². The molecule has 0 aliphatic rings. The molecule has 1 N–H and O–H groups in total. The van der Waals surface area contributed by atoms with Gasteiger partial charge in [0.15, 0.2) is 0 Å². The highest BCUT2D eigenvalue weighted by molar-refractivity contribution is 5.82. The number of benzene rings is 1. The summed E-state index contributed by atoms with van der Waals surface area (Å²) in [5.74, 6) is 0.232. The van der Waals surface area contributed by atoms with Gasteiger partial charge in [-0.15, -0.1) is 0 Å². The van der Waals surface area contributed by atoms with Crippen LogP contribution in [-0.4, -0.2) is 16.5 Å². The molecule has 0 radical (unpaired) electrons. The van der Waals surface area contributed by atoms with Crippen molar-refractivity contribution < 1.29 is 4.79 Å². The number of nitrogens with zero attached hydrogens (tertiary/aromatic N) is 1. The van der Waals surface area contributed by atoms with Gasteiger partial charge in [0.2, 0.25) is 5.91 Å². The van der Waals surface area contributed by atoms with Crippen LogP contribution in [0.3, 0.4) is 0 Å². The van der Waals surface area contributed by atoms with Gasteiger partial charge in [0.05, 0.1) is 0 Å². The number of rotatable bonds is 4. The lowest BCUT2D eigenvalue weighted by Crippen LogP contribution is -2.39. The van der Waals surface area contributed by atoms with E-state index < -0.39 is 0 Å². The van der Waals surface area contributed by atoms with E-state index in [1.165, 1.54) is 4.57 Å². The molecule has 1 atom stereocenters.